The predicted octanol–water partition coefficient (Wildman–Crippen LogP) is 0.896. The van der Waals surface area contributed by atoms with Crippen LogP contribution in [-0.4, -0.2) is 73.7 Å². The van der Waals surface area contributed by atoms with Crippen LogP contribution in [0, 0.1) is 11.8 Å². The number of nitrogens with one attached hydrogen (secondary N) is 1. The first-order chi connectivity index (χ1) is 12.2. The lowest BCUT2D eigenvalue weighted by molar-refractivity contribution is -0.109. The highest BCUT2D eigenvalue weighted by atomic mass is 16.7. The molecule has 1 fully saturated rings. The van der Waals surface area contributed by atoms with Gasteiger partial charge in [0.2, 0.25) is 0 Å². The predicted molar refractivity (Wildman–Crippen MR) is 94.3 cm³/mol. The number of allylic oxidation sites excluding steroid dienone is 1. The van der Waals surface area contributed by atoms with Crippen LogP contribution in [0.5, 0.6) is 0 Å². The number of carbonyl (C=O) groups excluding carboxylic acids is 2. The number of aldehydes is 1. The Bertz CT molecular complexity index is 558. The van der Waals surface area contributed by atoms with E-state index in [9.17, 15) is 14.7 Å². The molecule has 0 bridgehead atoms. The minimum Gasteiger partial charge on any atom is -0.444 e. The van der Waals surface area contributed by atoms with Crippen molar-refractivity contribution in [2.45, 2.75) is 44.4 Å². The van der Waals surface area contributed by atoms with Crippen LogP contribution in [0.3, 0.4) is 0 Å². The van der Waals surface area contributed by atoms with Crippen molar-refractivity contribution < 1.29 is 28.9 Å². The zero-order chi connectivity index (χ0) is 19.5. The molecule has 4 atom stereocenters. The van der Waals surface area contributed by atoms with Crippen molar-refractivity contribution in [1.29, 1.82) is 0 Å². The van der Waals surface area contributed by atoms with E-state index in [1.807, 2.05) is 18.1 Å². The van der Waals surface area contributed by atoms with E-state index < -0.39 is 23.3 Å². The van der Waals surface area contributed by atoms with Crippen LogP contribution in [0.4, 0.5) is 4.79 Å². The molecule has 148 valence electrons. The number of rotatable bonds is 6. The molecule has 0 saturated heterocycles. The highest BCUT2D eigenvalue weighted by Crippen LogP contribution is 2.47. The summed E-state index contributed by atoms with van der Waals surface area (Å²) < 4.78 is 16.2. The maximum absolute atomic E-state index is 12.5. The molecule has 1 saturated carbocycles. The Morgan fingerprint density at radius 2 is 2.19 bits per heavy atom. The molecule has 8 heteroatoms. The fourth-order valence-electron chi connectivity index (χ4n) is 3.98. The maximum atomic E-state index is 12.5. The number of nitrogens with zero attached hydrogens (tertiary/aromatic N) is 1. The highest BCUT2D eigenvalue weighted by molar-refractivity contribution is 5.75. The van der Waals surface area contributed by atoms with Crippen molar-refractivity contribution in [2.24, 2.45) is 11.8 Å². The molecule has 1 heterocycles. The lowest BCUT2D eigenvalue weighted by atomic mass is 9.78. The summed E-state index contributed by atoms with van der Waals surface area (Å²) in [4.78, 5) is 25.9. The molecular formula is C18H30N2O6. The summed E-state index contributed by atoms with van der Waals surface area (Å²) in [7, 11) is 3.37. The molecule has 0 radical (unpaired) electrons. The molecule has 26 heavy (non-hydrogen) atoms. The average Bonchev–Trinajstić information content (AvgIpc) is 2.84. The number of methoxy groups -OCH3 is 1. The van der Waals surface area contributed by atoms with Crippen molar-refractivity contribution >= 4 is 12.4 Å². The summed E-state index contributed by atoms with van der Waals surface area (Å²) in [6, 6.07) is 0. The van der Waals surface area contributed by atoms with Gasteiger partial charge < -0.3 is 29.5 Å². The Morgan fingerprint density at radius 1 is 1.50 bits per heavy atom. The molecule has 0 spiro atoms. The molecule has 2 rings (SSSR count). The number of hydrogen-bond acceptors (Lipinski definition) is 7. The van der Waals surface area contributed by atoms with E-state index in [1.54, 1.807) is 20.8 Å². The van der Waals surface area contributed by atoms with E-state index in [0.29, 0.717) is 18.5 Å². The smallest absolute Gasteiger partial charge is 0.408 e. The van der Waals surface area contributed by atoms with Crippen LogP contribution in [-0.2, 0) is 19.0 Å². The number of fused-ring (bicyclic) bond motifs is 1. The Kier molecular flexibility index (Phi) is 6.31. The molecule has 2 aliphatic rings. The molecule has 8 nitrogen and oxygen atoms in total. The van der Waals surface area contributed by atoms with Crippen LogP contribution in [0.15, 0.2) is 11.8 Å². The third-order valence-corrected chi connectivity index (χ3v) is 4.99. The third-order valence-electron chi connectivity index (χ3n) is 4.99. The molecular weight excluding hydrogens is 340 g/mol. The second-order valence-corrected chi connectivity index (χ2v) is 8.02. The van der Waals surface area contributed by atoms with E-state index in [4.69, 9.17) is 14.2 Å². The first-order valence-electron chi connectivity index (χ1n) is 8.76. The molecule has 2 N–H and O–H groups in total. The van der Waals surface area contributed by atoms with E-state index in [2.05, 4.69) is 5.32 Å². The third kappa shape index (κ3) is 4.19. The molecule has 1 aliphatic heterocycles. The maximum Gasteiger partial charge on any atom is 0.408 e. The lowest BCUT2D eigenvalue weighted by Gasteiger charge is -2.43. The van der Waals surface area contributed by atoms with Crippen LogP contribution in [0.2, 0.25) is 0 Å². The fraction of sp³-hybridized carbons (Fsp3) is 0.778. The molecule has 0 aromatic carbocycles. The number of ether oxygens (including phenoxy) is 3. The summed E-state index contributed by atoms with van der Waals surface area (Å²) in [5, 5.41) is 13.2. The van der Waals surface area contributed by atoms with Gasteiger partial charge in [-0.2, -0.15) is 0 Å². The Balaban J connectivity index is 2.35. The number of alkyl carbamates (subject to hydrolysis) is 1. The second-order valence-electron chi connectivity index (χ2n) is 8.02. The standard InChI is InChI=1S/C18H30N2O6/c1-17(2,3)26-16(23)19-18(10-22)14-8-20(4)7-12(9-21)13(14)6-15(18)25-11-24-5/h7,9,13-15,22H,6,8,10-11H2,1-5H3,(H,19,23)/t13-,14+,15-,18+/m0/s1. The van der Waals surface area contributed by atoms with Gasteiger partial charge in [0.05, 0.1) is 18.2 Å². The van der Waals surface area contributed by atoms with Gasteiger partial charge in [-0.25, -0.2) is 4.79 Å². The summed E-state index contributed by atoms with van der Waals surface area (Å²) in [5.41, 5.74) is -1.10. The summed E-state index contributed by atoms with van der Waals surface area (Å²) >= 11 is 0. The quantitative estimate of drug-likeness (QED) is 0.529. The molecule has 1 aliphatic carbocycles. The summed E-state index contributed by atoms with van der Waals surface area (Å²) in [6.07, 6.45) is 2.01. The zero-order valence-electron chi connectivity index (χ0n) is 16.2. The number of amides is 1. The Labute approximate surface area is 154 Å². The van der Waals surface area contributed by atoms with E-state index in [-0.39, 0.29) is 25.2 Å². The van der Waals surface area contributed by atoms with Gasteiger partial charge in [0.25, 0.3) is 0 Å². The van der Waals surface area contributed by atoms with E-state index in [1.165, 1.54) is 7.11 Å². The first-order valence-corrected chi connectivity index (χ1v) is 8.76. The Hall–Kier alpha value is -1.64. The van der Waals surface area contributed by atoms with Crippen molar-refractivity contribution in [3.63, 3.8) is 0 Å². The number of aliphatic hydroxyl groups is 1. The molecule has 0 aromatic rings. The average molecular weight is 370 g/mol. The van der Waals surface area contributed by atoms with Crippen LogP contribution >= 0.6 is 0 Å². The summed E-state index contributed by atoms with van der Waals surface area (Å²) in [5.74, 6) is -0.315. The first kappa shape index (κ1) is 20.7. The summed E-state index contributed by atoms with van der Waals surface area (Å²) in [6.45, 7) is 5.59. The van der Waals surface area contributed by atoms with E-state index >= 15 is 0 Å². The fourth-order valence-corrected chi connectivity index (χ4v) is 3.98. The van der Waals surface area contributed by atoms with Gasteiger partial charge in [0.15, 0.2) is 0 Å². The largest absolute Gasteiger partial charge is 0.444 e. The van der Waals surface area contributed by atoms with Gasteiger partial charge >= 0.3 is 6.09 Å². The SMILES string of the molecule is COCO[C@H]1C[C@H]2C(C=O)=CN(C)C[C@H]2[C@@]1(CO)NC(=O)OC(C)(C)C. The lowest BCUT2D eigenvalue weighted by Crippen LogP contribution is -2.64. The Morgan fingerprint density at radius 3 is 2.73 bits per heavy atom. The topological polar surface area (TPSA) is 97.3 Å². The second kappa shape index (κ2) is 7.94. The van der Waals surface area contributed by atoms with Gasteiger partial charge in [-0.3, -0.25) is 4.79 Å². The number of aliphatic hydroxyl groups excluding tert-OH is 1. The number of hydrogen-bond donors (Lipinski definition) is 2. The van der Waals surface area contributed by atoms with Gasteiger partial charge in [0.1, 0.15) is 18.7 Å². The molecule has 1 amide bonds. The van der Waals surface area contributed by atoms with Crippen molar-refractivity contribution in [2.75, 3.05) is 34.1 Å². The number of carbonyl (C=O) groups is 2. The van der Waals surface area contributed by atoms with E-state index in [0.717, 1.165) is 6.29 Å². The van der Waals surface area contributed by atoms with Crippen molar-refractivity contribution in [3.8, 4) is 0 Å². The van der Waals surface area contributed by atoms with Crippen molar-refractivity contribution in [3.05, 3.63) is 11.8 Å². The molecule has 0 unspecified atom stereocenters. The van der Waals surface area contributed by atoms with Gasteiger partial charge in [-0.1, -0.05) is 0 Å². The zero-order valence-corrected chi connectivity index (χ0v) is 16.2. The molecule has 0 aromatic heterocycles. The van der Waals surface area contributed by atoms with Gasteiger partial charge in [-0.05, 0) is 33.1 Å². The minimum absolute atomic E-state index is 0.0256. The highest BCUT2D eigenvalue weighted by Gasteiger charge is 2.58. The minimum atomic E-state index is -1.07. The normalized spacial score (nSPS) is 31.2. The van der Waals surface area contributed by atoms with Crippen LogP contribution in [0.25, 0.3) is 0 Å². The van der Waals surface area contributed by atoms with Gasteiger partial charge in [-0.15, -0.1) is 0 Å². The van der Waals surface area contributed by atoms with Crippen molar-refractivity contribution in [1.82, 2.24) is 10.2 Å². The van der Waals surface area contributed by atoms with Gasteiger partial charge in [0, 0.05) is 38.4 Å². The monoisotopic (exact) mass is 370 g/mol. The van der Waals surface area contributed by atoms with Crippen LogP contribution < -0.4 is 5.32 Å². The van der Waals surface area contributed by atoms with Crippen LogP contribution in [0.1, 0.15) is 27.2 Å².